The van der Waals surface area contributed by atoms with Crippen molar-refractivity contribution in [2.45, 2.75) is 231 Å². The Morgan fingerprint density at radius 2 is 1.34 bits per heavy atom. The quantitative estimate of drug-likeness (QED) is 0.0568. The van der Waals surface area contributed by atoms with Gasteiger partial charge in [-0.15, -0.1) is 0 Å². The van der Waals surface area contributed by atoms with Crippen LogP contribution in [0.25, 0.3) is 0 Å². The number of carbonyl (C=O) groups is 2. The molecule has 74 heavy (non-hydrogen) atoms. The molecule has 8 aliphatic rings. The number of aliphatic hydroxyl groups excluding tert-OH is 11. The number of carboxylic acid groups (broad SMARTS) is 1. The molecule has 0 aromatic carbocycles. The Morgan fingerprint density at radius 3 is 1.96 bits per heavy atom. The van der Waals surface area contributed by atoms with E-state index in [-0.39, 0.29) is 23.9 Å². The number of ether oxygens (including phenoxy) is 7. The predicted octanol–water partition coefficient (Wildman–Crippen LogP) is 0.163. The first-order valence-corrected chi connectivity index (χ1v) is 26.5. The average Bonchev–Trinajstić information content (AvgIpc) is 3.33. The molecule has 0 radical (unpaired) electrons. The number of allylic oxidation sites excluding steroid dienone is 2. The molecule has 21 heteroatoms. The summed E-state index contributed by atoms with van der Waals surface area (Å²) in [6, 6.07) is 0. The average molecular weight is 1060 g/mol. The van der Waals surface area contributed by atoms with Gasteiger partial charge in [0.05, 0.1) is 42.5 Å². The Kier molecular flexibility index (Phi) is 16.0. The molecule has 7 fully saturated rings. The molecule has 0 bridgehead atoms. The molecular formula is C53H84O21. The lowest BCUT2D eigenvalue weighted by molar-refractivity contribution is -0.395. The van der Waals surface area contributed by atoms with E-state index in [1.54, 1.807) is 19.9 Å². The van der Waals surface area contributed by atoms with Gasteiger partial charge in [0.1, 0.15) is 67.6 Å². The monoisotopic (exact) mass is 1060 g/mol. The SMILES string of the molecule is C/C=C(/C)C(=O)OC[C@@]12[C@H](O)[C@H](O)[C@]3(C)C(=CC[C@@H]4[C@@]5(C)CC[C@H](O[C@@H]6O[C@H](C(=O)O)[C@@H](O)[C@H](O[C@@H]7O[C@@H](C)[C@H](O)[C@@H](O)[C@H]7O)[C@H]6O[C@@H]6O[C@H](CO)[C@@H](O)[C@H](O)[C@H]6O)C(C)(C)[C@@H]5CC[C@]43C)[C@@H]1CC(C)(C)C[C@@H]2O. The van der Waals surface area contributed by atoms with E-state index in [0.29, 0.717) is 50.5 Å². The van der Waals surface area contributed by atoms with Crippen LogP contribution in [-0.4, -0.2) is 203 Å². The summed E-state index contributed by atoms with van der Waals surface area (Å²) in [5, 5.41) is 134. The van der Waals surface area contributed by atoms with Crippen LogP contribution in [0.15, 0.2) is 23.3 Å². The minimum absolute atomic E-state index is 0.0653. The van der Waals surface area contributed by atoms with E-state index in [9.17, 15) is 70.9 Å². The molecule has 8 rings (SSSR count). The van der Waals surface area contributed by atoms with Gasteiger partial charge in [0.2, 0.25) is 0 Å². The molecule has 0 unspecified atom stereocenters. The van der Waals surface area contributed by atoms with Crippen molar-refractivity contribution in [3.05, 3.63) is 23.3 Å². The molecule has 422 valence electrons. The topological polar surface area (TPSA) is 342 Å². The molecule has 4 saturated carbocycles. The van der Waals surface area contributed by atoms with E-state index in [2.05, 4.69) is 33.8 Å². The molecule has 12 N–H and O–H groups in total. The van der Waals surface area contributed by atoms with Gasteiger partial charge in [-0.1, -0.05) is 66.2 Å². The number of carboxylic acids is 1. The molecule has 0 aromatic heterocycles. The van der Waals surface area contributed by atoms with Crippen LogP contribution in [0.3, 0.4) is 0 Å². The van der Waals surface area contributed by atoms with Gasteiger partial charge in [0.15, 0.2) is 25.0 Å². The second-order valence-corrected chi connectivity index (χ2v) is 25.2. The summed E-state index contributed by atoms with van der Waals surface area (Å²) in [5.74, 6) is -2.79. The van der Waals surface area contributed by atoms with E-state index >= 15 is 0 Å². The fourth-order valence-electron chi connectivity index (χ4n) is 15.8. The maximum atomic E-state index is 13.1. The van der Waals surface area contributed by atoms with Crippen LogP contribution in [-0.2, 0) is 42.7 Å². The lowest BCUT2D eigenvalue weighted by atomic mass is 9.32. The maximum Gasteiger partial charge on any atom is 0.335 e. The van der Waals surface area contributed by atoms with Crippen LogP contribution in [0.4, 0.5) is 0 Å². The van der Waals surface area contributed by atoms with Gasteiger partial charge in [0, 0.05) is 11.0 Å². The Bertz CT molecular complexity index is 2130. The highest BCUT2D eigenvalue weighted by molar-refractivity contribution is 5.87. The third-order valence-electron chi connectivity index (χ3n) is 20.4. The fraction of sp³-hybridized carbons (Fsp3) is 0.887. The second-order valence-electron chi connectivity index (χ2n) is 25.2. The highest BCUT2D eigenvalue weighted by atomic mass is 16.8. The van der Waals surface area contributed by atoms with Gasteiger partial charge in [-0.05, 0) is 105 Å². The van der Waals surface area contributed by atoms with Gasteiger partial charge in [-0.2, -0.15) is 0 Å². The van der Waals surface area contributed by atoms with Crippen LogP contribution < -0.4 is 0 Å². The maximum absolute atomic E-state index is 13.1. The summed E-state index contributed by atoms with van der Waals surface area (Å²) in [7, 11) is 0. The molecule has 3 aliphatic heterocycles. The van der Waals surface area contributed by atoms with Crippen molar-refractivity contribution in [2.75, 3.05) is 13.2 Å². The summed E-state index contributed by atoms with van der Waals surface area (Å²) >= 11 is 0. The smallest absolute Gasteiger partial charge is 0.335 e. The first kappa shape index (κ1) is 57.9. The van der Waals surface area contributed by atoms with Crippen molar-refractivity contribution in [1.29, 1.82) is 0 Å². The summed E-state index contributed by atoms with van der Waals surface area (Å²) < 4.78 is 42.6. The van der Waals surface area contributed by atoms with Crippen LogP contribution in [0.5, 0.6) is 0 Å². The van der Waals surface area contributed by atoms with Crippen molar-refractivity contribution in [3.8, 4) is 0 Å². The van der Waals surface area contributed by atoms with Crippen molar-refractivity contribution in [1.82, 2.24) is 0 Å². The van der Waals surface area contributed by atoms with Crippen LogP contribution in [0, 0.1) is 50.2 Å². The van der Waals surface area contributed by atoms with Gasteiger partial charge in [-0.25, -0.2) is 9.59 Å². The third kappa shape index (κ3) is 8.96. The Hall–Kier alpha value is -2.26. The normalized spacial score (nSPS) is 52.1. The van der Waals surface area contributed by atoms with E-state index in [0.717, 1.165) is 5.57 Å². The summed E-state index contributed by atoms with van der Waals surface area (Å²) in [5.41, 5.74) is -3.16. The summed E-state index contributed by atoms with van der Waals surface area (Å²) in [6.07, 6.45) is -23.9. The van der Waals surface area contributed by atoms with E-state index in [1.807, 2.05) is 20.8 Å². The summed E-state index contributed by atoms with van der Waals surface area (Å²) in [4.78, 5) is 26.0. The van der Waals surface area contributed by atoms with Crippen molar-refractivity contribution in [2.24, 2.45) is 50.2 Å². The van der Waals surface area contributed by atoms with Gasteiger partial charge in [-0.3, -0.25) is 0 Å². The molecule has 26 atom stereocenters. The zero-order valence-corrected chi connectivity index (χ0v) is 44.3. The molecule has 0 spiro atoms. The van der Waals surface area contributed by atoms with Crippen molar-refractivity contribution < 1.29 is 104 Å². The highest BCUT2D eigenvalue weighted by Crippen LogP contribution is 2.76. The first-order chi connectivity index (χ1) is 34.4. The number of hydrogen-bond donors (Lipinski definition) is 12. The van der Waals surface area contributed by atoms with Crippen LogP contribution in [0.2, 0.25) is 0 Å². The number of aliphatic carboxylic acids is 1. The second kappa shape index (κ2) is 20.4. The number of aliphatic hydroxyl groups is 11. The highest BCUT2D eigenvalue weighted by Gasteiger charge is 2.74. The molecule has 0 amide bonds. The molecule has 3 heterocycles. The largest absolute Gasteiger partial charge is 0.479 e. The first-order valence-electron chi connectivity index (χ1n) is 26.5. The van der Waals surface area contributed by atoms with Gasteiger partial charge >= 0.3 is 11.9 Å². The fourth-order valence-corrected chi connectivity index (χ4v) is 15.8. The summed E-state index contributed by atoms with van der Waals surface area (Å²) in [6.45, 7) is 18.4. The Morgan fingerprint density at radius 1 is 0.716 bits per heavy atom. The van der Waals surface area contributed by atoms with Crippen LogP contribution in [0.1, 0.15) is 114 Å². The molecule has 5 aliphatic carbocycles. The predicted molar refractivity (Wildman–Crippen MR) is 257 cm³/mol. The third-order valence-corrected chi connectivity index (χ3v) is 20.4. The Labute approximate surface area is 432 Å². The number of hydrogen-bond acceptors (Lipinski definition) is 20. The minimum Gasteiger partial charge on any atom is -0.479 e. The lowest BCUT2D eigenvalue weighted by Crippen LogP contribution is -2.74. The van der Waals surface area contributed by atoms with Crippen molar-refractivity contribution in [3.63, 3.8) is 0 Å². The van der Waals surface area contributed by atoms with Gasteiger partial charge < -0.3 is 94.4 Å². The zero-order valence-electron chi connectivity index (χ0n) is 44.3. The van der Waals surface area contributed by atoms with Crippen molar-refractivity contribution >= 4 is 11.9 Å². The lowest BCUT2D eigenvalue weighted by Gasteiger charge is -2.73. The number of esters is 1. The van der Waals surface area contributed by atoms with E-state index in [1.165, 1.54) is 6.92 Å². The zero-order chi connectivity index (χ0) is 54.7. The Balaban J connectivity index is 1.12. The van der Waals surface area contributed by atoms with E-state index < -0.39 is 168 Å². The van der Waals surface area contributed by atoms with Crippen LogP contribution >= 0.6 is 0 Å². The standard InChI is InChI=1S/C53H84O21/c1-11-22(2)44(67)68-21-53-25(18-48(4,5)19-29(53)55)24-12-13-28-50(8)16-15-30(49(6,7)27(50)14-17-51(28,9)52(24,10)41(63)42(53)64)71-47-40(74-46-36(61)34(59)32(57)26(20-54)70-46)38(37(62)39(73-47)43(65)66)72-45-35(60)33(58)31(56)23(3)69-45/h11-12,23,25-42,45-47,54-64H,13-21H2,1-10H3,(H,65,66)/b22-11-/t23-,25-,26+,27-,28+,29-,30-,31-,32+,33+,34-,35+,36+,37-,38-,39-,40+,41-,42+,45-,46-,47+,50-,51+,52-,53+/m0/s1. The minimum atomic E-state index is -2.11. The molecular weight excluding hydrogens is 973 g/mol. The molecule has 21 nitrogen and oxygen atoms in total. The number of carbonyl (C=O) groups excluding carboxylic acids is 1. The van der Waals surface area contributed by atoms with Gasteiger partial charge in [0.25, 0.3) is 0 Å². The molecule has 3 saturated heterocycles. The number of fused-ring (bicyclic) bond motifs is 7. The van der Waals surface area contributed by atoms with E-state index in [4.69, 9.17) is 33.2 Å². The number of rotatable bonds is 11. The molecule has 0 aromatic rings.